The predicted octanol–water partition coefficient (Wildman–Crippen LogP) is 3.22. The number of nitrogens with zero attached hydrogens (tertiary/aromatic N) is 3. The number of aromatic carboxylic acids is 3. The molecule has 1 aromatic heterocycles. The molecule has 0 unspecified atom stereocenters. The van der Waals surface area contributed by atoms with Crippen LogP contribution in [-0.2, 0) is 6.42 Å². The zero-order valence-corrected chi connectivity index (χ0v) is 15.8. The zero-order chi connectivity index (χ0) is 22.3. The van der Waals surface area contributed by atoms with E-state index in [2.05, 4.69) is 11.2 Å². The quantitative estimate of drug-likeness (QED) is 0.582. The number of rotatable bonds is 5. The van der Waals surface area contributed by atoms with Gasteiger partial charge in [0, 0.05) is 11.8 Å². The molecule has 3 N–H and O–H groups in total. The fourth-order valence-electron chi connectivity index (χ4n) is 2.51. The highest BCUT2D eigenvalue weighted by atomic mass is 16.4. The van der Waals surface area contributed by atoms with E-state index in [9.17, 15) is 14.4 Å². The average Bonchev–Trinajstić information content (AvgIpc) is 3.18. The number of benzene rings is 2. The predicted molar refractivity (Wildman–Crippen MR) is 105 cm³/mol. The van der Waals surface area contributed by atoms with E-state index in [0.717, 1.165) is 41.7 Å². The van der Waals surface area contributed by atoms with Gasteiger partial charge in [-0.1, -0.05) is 37.3 Å². The van der Waals surface area contributed by atoms with Gasteiger partial charge >= 0.3 is 17.9 Å². The standard InChI is InChI=1S/C12H11N3.C9H6O6/c1-2-11-8-15(9-13)12(14-11)10-6-4-3-5-7-10;10-7(11)4-1-2-5(8(12)13)6(3-4)9(14)15/h3-8H,2H2,1H3;1-3H,(H,10,11)(H,12,13)(H,14,15). The maximum absolute atomic E-state index is 10.6. The van der Waals surface area contributed by atoms with Gasteiger partial charge in [-0.25, -0.2) is 23.9 Å². The summed E-state index contributed by atoms with van der Waals surface area (Å²) < 4.78 is 1.51. The second-order valence-electron chi connectivity index (χ2n) is 5.92. The first kappa shape index (κ1) is 21.8. The van der Waals surface area contributed by atoms with Crippen LogP contribution < -0.4 is 0 Å². The van der Waals surface area contributed by atoms with E-state index >= 15 is 0 Å². The van der Waals surface area contributed by atoms with Crippen molar-refractivity contribution in [3.8, 4) is 17.6 Å². The third kappa shape index (κ3) is 5.08. The van der Waals surface area contributed by atoms with E-state index in [1.807, 2.05) is 37.3 Å². The number of imidazole rings is 1. The SMILES string of the molecule is CCc1cn(C#N)c(-c2ccccc2)n1.O=C(O)c1ccc(C(=O)O)c(C(=O)O)c1. The molecule has 0 aliphatic carbocycles. The highest BCUT2D eigenvalue weighted by Crippen LogP contribution is 2.18. The van der Waals surface area contributed by atoms with Crippen LogP contribution in [0.1, 0.15) is 43.7 Å². The first-order valence-electron chi connectivity index (χ1n) is 8.66. The van der Waals surface area contributed by atoms with Gasteiger partial charge in [0.25, 0.3) is 0 Å². The van der Waals surface area contributed by atoms with Gasteiger partial charge in [-0.15, -0.1) is 0 Å². The topological polar surface area (TPSA) is 154 Å². The first-order chi connectivity index (χ1) is 14.3. The molecule has 3 rings (SSSR count). The molecular weight excluding hydrogens is 390 g/mol. The van der Waals surface area contributed by atoms with Crippen molar-refractivity contribution in [2.24, 2.45) is 0 Å². The van der Waals surface area contributed by atoms with E-state index in [-0.39, 0.29) is 5.56 Å². The van der Waals surface area contributed by atoms with Crippen molar-refractivity contribution in [3.63, 3.8) is 0 Å². The van der Waals surface area contributed by atoms with E-state index < -0.39 is 29.0 Å². The Morgan fingerprint density at radius 3 is 2.10 bits per heavy atom. The lowest BCUT2D eigenvalue weighted by Crippen LogP contribution is -2.10. The number of nitriles is 1. The second kappa shape index (κ2) is 9.66. The summed E-state index contributed by atoms with van der Waals surface area (Å²) in [7, 11) is 0. The van der Waals surface area contributed by atoms with Gasteiger partial charge in [0.15, 0.2) is 12.0 Å². The normalized spacial score (nSPS) is 9.73. The fourth-order valence-corrected chi connectivity index (χ4v) is 2.51. The van der Waals surface area contributed by atoms with Gasteiger partial charge in [0.2, 0.25) is 0 Å². The van der Waals surface area contributed by atoms with Crippen molar-refractivity contribution in [1.29, 1.82) is 5.26 Å². The molecule has 0 amide bonds. The molecule has 9 heteroatoms. The monoisotopic (exact) mass is 407 g/mol. The lowest BCUT2D eigenvalue weighted by Gasteiger charge is -2.02. The molecule has 3 aromatic rings. The summed E-state index contributed by atoms with van der Waals surface area (Å²) in [5.74, 6) is -3.48. The molecule has 0 saturated heterocycles. The molecule has 2 aromatic carbocycles. The fraction of sp³-hybridized carbons (Fsp3) is 0.0952. The number of aromatic nitrogens is 2. The largest absolute Gasteiger partial charge is 0.478 e. The highest BCUT2D eigenvalue weighted by Gasteiger charge is 2.18. The second-order valence-corrected chi connectivity index (χ2v) is 5.92. The highest BCUT2D eigenvalue weighted by molar-refractivity contribution is 6.03. The third-order valence-corrected chi connectivity index (χ3v) is 3.99. The smallest absolute Gasteiger partial charge is 0.336 e. The van der Waals surface area contributed by atoms with Crippen LogP contribution in [0.15, 0.2) is 54.7 Å². The Morgan fingerprint density at radius 1 is 0.967 bits per heavy atom. The Kier molecular flexibility index (Phi) is 7.03. The van der Waals surface area contributed by atoms with Gasteiger partial charge in [-0.3, -0.25) is 0 Å². The minimum Gasteiger partial charge on any atom is -0.478 e. The Labute approximate surface area is 171 Å². The summed E-state index contributed by atoms with van der Waals surface area (Å²) in [5.41, 5.74) is 0.668. The molecule has 0 bridgehead atoms. The Hall–Kier alpha value is -4.45. The van der Waals surface area contributed by atoms with Gasteiger partial charge in [-0.2, -0.15) is 5.26 Å². The summed E-state index contributed by atoms with van der Waals surface area (Å²) in [5, 5.41) is 34.8. The number of hydrogen-bond donors (Lipinski definition) is 3. The molecule has 0 fully saturated rings. The van der Waals surface area contributed by atoms with Crippen LogP contribution in [-0.4, -0.2) is 42.8 Å². The number of carbonyl (C=O) groups is 3. The third-order valence-electron chi connectivity index (χ3n) is 3.99. The molecule has 0 aliphatic rings. The van der Waals surface area contributed by atoms with Crippen LogP contribution in [0.3, 0.4) is 0 Å². The van der Waals surface area contributed by atoms with Gasteiger partial charge in [0.05, 0.1) is 22.4 Å². The summed E-state index contributed by atoms with van der Waals surface area (Å²) >= 11 is 0. The van der Waals surface area contributed by atoms with E-state index in [0.29, 0.717) is 0 Å². The van der Waals surface area contributed by atoms with Crippen molar-refractivity contribution in [2.75, 3.05) is 0 Å². The van der Waals surface area contributed by atoms with Crippen molar-refractivity contribution < 1.29 is 29.7 Å². The maximum Gasteiger partial charge on any atom is 0.336 e. The van der Waals surface area contributed by atoms with Crippen molar-refractivity contribution in [3.05, 3.63) is 77.1 Å². The number of aryl methyl sites for hydroxylation is 1. The van der Waals surface area contributed by atoms with Crippen LogP contribution in [0.2, 0.25) is 0 Å². The van der Waals surface area contributed by atoms with Gasteiger partial charge in [-0.05, 0) is 24.6 Å². The summed E-state index contributed by atoms with van der Waals surface area (Å²) in [4.78, 5) is 36.2. The molecule has 0 radical (unpaired) electrons. The maximum atomic E-state index is 10.6. The Bertz CT molecular complexity index is 1130. The first-order valence-corrected chi connectivity index (χ1v) is 8.66. The van der Waals surface area contributed by atoms with Gasteiger partial charge < -0.3 is 15.3 Å². The van der Waals surface area contributed by atoms with Crippen LogP contribution in [0.5, 0.6) is 0 Å². The minimum atomic E-state index is -1.48. The van der Waals surface area contributed by atoms with E-state index in [1.54, 1.807) is 6.20 Å². The van der Waals surface area contributed by atoms with Crippen LogP contribution in [0.4, 0.5) is 0 Å². The molecule has 30 heavy (non-hydrogen) atoms. The summed E-state index contributed by atoms with van der Waals surface area (Å²) in [6, 6.07) is 12.5. The molecule has 152 valence electrons. The molecule has 0 saturated carbocycles. The van der Waals surface area contributed by atoms with E-state index in [1.165, 1.54) is 4.57 Å². The van der Waals surface area contributed by atoms with Crippen molar-refractivity contribution in [2.45, 2.75) is 13.3 Å². The molecule has 0 spiro atoms. The number of carboxylic acids is 3. The zero-order valence-electron chi connectivity index (χ0n) is 15.8. The molecule has 0 atom stereocenters. The lowest BCUT2D eigenvalue weighted by atomic mass is 10.0. The van der Waals surface area contributed by atoms with Crippen LogP contribution >= 0.6 is 0 Å². The molecule has 1 heterocycles. The average molecular weight is 407 g/mol. The minimum absolute atomic E-state index is 0.266. The van der Waals surface area contributed by atoms with Crippen LogP contribution in [0.25, 0.3) is 11.4 Å². The number of hydrogen-bond acceptors (Lipinski definition) is 5. The van der Waals surface area contributed by atoms with E-state index in [4.69, 9.17) is 20.6 Å². The molecular formula is C21H17N3O6. The summed E-state index contributed by atoms with van der Waals surface area (Å²) in [6.45, 7) is 2.03. The van der Waals surface area contributed by atoms with Crippen LogP contribution in [0, 0.1) is 11.5 Å². The Morgan fingerprint density at radius 2 is 1.60 bits per heavy atom. The Balaban J connectivity index is 0.000000214. The molecule has 0 aliphatic heterocycles. The lowest BCUT2D eigenvalue weighted by molar-refractivity contribution is 0.0649. The number of carboxylic acid groups (broad SMARTS) is 3. The molecule has 9 nitrogen and oxygen atoms in total. The van der Waals surface area contributed by atoms with Gasteiger partial charge in [0.1, 0.15) is 0 Å². The van der Waals surface area contributed by atoms with Crippen molar-refractivity contribution in [1.82, 2.24) is 9.55 Å². The summed E-state index contributed by atoms with van der Waals surface area (Å²) in [6.07, 6.45) is 4.72. The van der Waals surface area contributed by atoms with Crippen molar-refractivity contribution >= 4 is 17.9 Å².